The summed E-state index contributed by atoms with van der Waals surface area (Å²) in [5.74, 6) is -1.23. The number of carbonyl (C=O) groups excluding carboxylic acids is 3. The van der Waals surface area contributed by atoms with Crippen molar-refractivity contribution in [3.8, 4) is 0 Å². The van der Waals surface area contributed by atoms with Crippen LogP contribution in [-0.4, -0.2) is 42.3 Å². The molecule has 0 spiro atoms. The lowest BCUT2D eigenvalue weighted by atomic mass is 9.96. The summed E-state index contributed by atoms with van der Waals surface area (Å²) in [5.41, 5.74) is 0.348. The quantitative estimate of drug-likeness (QED) is 0.597. The van der Waals surface area contributed by atoms with E-state index in [2.05, 4.69) is 10.6 Å². The summed E-state index contributed by atoms with van der Waals surface area (Å²) >= 11 is 0. The first kappa shape index (κ1) is 20.3. The van der Waals surface area contributed by atoms with E-state index in [1.165, 1.54) is 30.3 Å². The Morgan fingerprint density at radius 3 is 2.48 bits per heavy atom. The summed E-state index contributed by atoms with van der Waals surface area (Å²) < 4.78 is 18.0. The van der Waals surface area contributed by atoms with Gasteiger partial charge in [0.1, 0.15) is 11.6 Å². The third kappa shape index (κ3) is 6.03. The number of anilines is 1. The van der Waals surface area contributed by atoms with Crippen LogP contribution in [0.4, 0.5) is 10.1 Å². The van der Waals surface area contributed by atoms with Crippen molar-refractivity contribution >= 4 is 29.5 Å². The molecule has 0 atom stereocenters. The minimum atomic E-state index is -0.799. The van der Waals surface area contributed by atoms with Gasteiger partial charge in [-0.1, -0.05) is 0 Å². The number of furan rings is 1. The number of hydrogen-bond acceptors (Lipinski definition) is 4. The summed E-state index contributed by atoms with van der Waals surface area (Å²) in [6.45, 7) is 1.53. The average molecular weight is 399 g/mol. The lowest BCUT2D eigenvalue weighted by Crippen LogP contribution is -2.43. The molecule has 1 aliphatic rings. The number of amides is 3. The molecule has 29 heavy (non-hydrogen) atoms. The topological polar surface area (TPSA) is 91.7 Å². The van der Waals surface area contributed by atoms with Gasteiger partial charge in [-0.15, -0.1) is 0 Å². The zero-order chi connectivity index (χ0) is 20.6. The van der Waals surface area contributed by atoms with Gasteiger partial charge in [-0.25, -0.2) is 4.39 Å². The van der Waals surface area contributed by atoms with Crippen LogP contribution >= 0.6 is 0 Å². The largest absolute Gasteiger partial charge is 0.465 e. The Labute approximate surface area is 167 Å². The first-order valence-corrected chi connectivity index (χ1v) is 9.36. The summed E-state index contributed by atoms with van der Waals surface area (Å²) in [6.07, 6.45) is 6.14. The van der Waals surface area contributed by atoms with Crippen LogP contribution in [0.25, 0.3) is 6.08 Å². The van der Waals surface area contributed by atoms with E-state index in [1.807, 2.05) is 0 Å². The van der Waals surface area contributed by atoms with Gasteiger partial charge in [0.2, 0.25) is 5.91 Å². The van der Waals surface area contributed by atoms with Gasteiger partial charge in [-0.2, -0.15) is 0 Å². The minimum Gasteiger partial charge on any atom is -0.465 e. The highest BCUT2D eigenvalue weighted by Gasteiger charge is 2.23. The lowest BCUT2D eigenvalue weighted by Gasteiger charge is -2.31. The molecule has 8 heteroatoms. The fourth-order valence-electron chi connectivity index (χ4n) is 3.04. The summed E-state index contributed by atoms with van der Waals surface area (Å²) in [4.78, 5) is 37.8. The number of nitrogens with one attached hydrogen (secondary N) is 2. The minimum absolute atomic E-state index is 0.0810. The second-order valence-corrected chi connectivity index (χ2v) is 6.79. The predicted octanol–water partition coefficient (Wildman–Crippen LogP) is 2.43. The fraction of sp³-hybridized carbons (Fsp3) is 0.286. The van der Waals surface area contributed by atoms with E-state index in [0.717, 1.165) is 12.8 Å². The van der Waals surface area contributed by atoms with Gasteiger partial charge < -0.3 is 20.0 Å². The molecule has 2 N–H and O–H groups in total. The molecule has 0 radical (unpaired) electrons. The van der Waals surface area contributed by atoms with Crippen LogP contribution < -0.4 is 10.6 Å². The molecule has 2 heterocycles. The van der Waals surface area contributed by atoms with Crippen molar-refractivity contribution < 1.29 is 23.2 Å². The van der Waals surface area contributed by atoms with E-state index in [4.69, 9.17) is 4.42 Å². The van der Waals surface area contributed by atoms with Crippen molar-refractivity contribution in [3.63, 3.8) is 0 Å². The van der Waals surface area contributed by atoms with Crippen molar-refractivity contribution in [2.45, 2.75) is 12.8 Å². The van der Waals surface area contributed by atoms with Crippen LogP contribution in [-0.2, 0) is 14.4 Å². The Morgan fingerprint density at radius 2 is 1.83 bits per heavy atom. The third-order valence-corrected chi connectivity index (χ3v) is 4.72. The van der Waals surface area contributed by atoms with E-state index in [9.17, 15) is 18.8 Å². The number of likely N-dealkylation sites (tertiary alicyclic amines) is 1. The summed E-state index contributed by atoms with van der Waals surface area (Å²) in [6, 6.07) is 8.69. The number of hydrogen-bond donors (Lipinski definition) is 2. The second kappa shape index (κ2) is 9.68. The van der Waals surface area contributed by atoms with Gasteiger partial charge in [0.25, 0.3) is 0 Å². The van der Waals surface area contributed by atoms with Crippen LogP contribution in [0.15, 0.2) is 53.2 Å². The van der Waals surface area contributed by atoms with E-state index in [-0.39, 0.29) is 11.8 Å². The Balaban J connectivity index is 1.37. The molecular weight excluding hydrogens is 377 g/mol. The van der Waals surface area contributed by atoms with Crippen LogP contribution in [0.5, 0.6) is 0 Å². The maximum absolute atomic E-state index is 12.9. The van der Waals surface area contributed by atoms with E-state index in [0.29, 0.717) is 31.1 Å². The van der Waals surface area contributed by atoms with Crippen molar-refractivity contribution in [2.24, 2.45) is 5.92 Å². The SMILES string of the molecule is O=C(NCC1CCN(C(=O)/C=C/c2ccco2)CC1)C(=O)Nc1ccc(F)cc1. The molecule has 152 valence electrons. The lowest BCUT2D eigenvalue weighted by molar-refractivity contribution is -0.136. The van der Waals surface area contributed by atoms with Crippen molar-refractivity contribution in [1.29, 1.82) is 0 Å². The number of nitrogens with zero attached hydrogens (tertiary/aromatic N) is 1. The normalized spacial score (nSPS) is 14.7. The zero-order valence-corrected chi connectivity index (χ0v) is 15.8. The Hall–Kier alpha value is -3.42. The number of benzene rings is 1. The highest BCUT2D eigenvalue weighted by Crippen LogP contribution is 2.17. The van der Waals surface area contributed by atoms with Gasteiger partial charge in [0.15, 0.2) is 0 Å². The molecule has 0 aliphatic carbocycles. The van der Waals surface area contributed by atoms with Crippen LogP contribution in [0.1, 0.15) is 18.6 Å². The van der Waals surface area contributed by atoms with E-state index < -0.39 is 17.6 Å². The number of rotatable bonds is 5. The molecule has 2 aromatic rings. The molecule has 1 aromatic carbocycles. The molecule has 0 bridgehead atoms. The second-order valence-electron chi connectivity index (χ2n) is 6.79. The fourth-order valence-corrected chi connectivity index (χ4v) is 3.04. The van der Waals surface area contributed by atoms with Crippen LogP contribution in [0, 0.1) is 11.7 Å². The number of piperidine rings is 1. The van der Waals surface area contributed by atoms with Gasteiger partial charge in [-0.05, 0) is 61.2 Å². The number of carbonyl (C=O) groups is 3. The van der Waals surface area contributed by atoms with Crippen LogP contribution in [0.3, 0.4) is 0 Å². The van der Waals surface area contributed by atoms with Crippen molar-refractivity contribution in [3.05, 3.63) is 60.3 Å². The molecular formula is C21H22FN3O4. The third-order valence-electron chi connectivity index (χ3n) is 4.72. The first-order chi connectivity index (χ1) is 14.0. The first-order valence-electron chi connectivity index (χ1n) is 9.36. The predicted molar refractivity (Wildman–Crippen MR) is 105 cm³/mol. The zero-order valence-electron chi connectivity index (χ0n) is 15.8. The maximum atomic E-state index is 12.9. The van der Waals surface area contributed by atoms with Gasteiger partial charge in [0.05, 0.1) is 6.26 Å². The van der Waals surface area contributed by atoms with Crippen LogP contribution in [0.2, 0.25) is 0 Å². The highest BCUT2D eigenvalue weighted by atomic mass is 19.1. The van der Waals surface area contributed by atoms with E-state index >= 15 is 0 Å². The standard InChI is InChI=1S/C21H22FN3O4/c22-16-3-5-17(6-4-16)24-21(28)20(27)23-14-15-9-11-25(12-10-15)19(26)8-7-18-2-1-13-29-18/h1-8,13,15H,9-12,14H2,(H,23,27)(H,24,28)/b8-7+. The molecule has 7 nitrogen and oxygen atoms in total. The monoisotopic (exact) mass is 399 g/mol. The van der Waals surface area contributed by atoms with Crippen molar-refractivity contribution in [2.75, 3.05) is 25.0 Å². The van der Waals surface area contributed by atoms with Crippen molar-refractivity contribution in [1.82, 2.24) is 10.2 Å². The van der Waals surface area contributed by atoms with Gasteiger partial charge in [-0.3, -0.25) is 14.4 Å². The summed E-state index contributed by atoms with van der Waals surface area (Å²) in [7, 11) is 0. The molecule has 1 saturated heterocycles. The molecule has 1 aliphatic heterocycles. The molecule has 1 aromatic heterocycles. The molecule has 3 rings (SSSR count). The van der Waals surface area contributed by atoms with Gasteiger partial charge in [0, 0.05) is 31.4 Å². The van der Waals surface area contributed by atoms with Gasteiger partial charge >= 0.3 is 11.8 Å². The number of halogens is 1. The Bertz CT molecular complexity index is 870. The Morgan fingerprint density at radius 1 is 1.10 bits per heavy atom. The summed E-state index contributed by atoms with van der Waals surface area (Å²) in [5, 5.41) is 5.04. The molecule has 1 fully saturated rings. The molecule has 0 saturated carbocycles. The Kier molecular flexibility index (Phi) is 6.78. The average Bonchev–Trinajstić information content (AvgIpc) is 3.26. The highest BCUT2D eigenvalue weighted by molar-refractivity contribution is 6.39. The molecule has 3 amide bonds. The van der Waals surface area contributed by atoms with E-state index in [1.54, 1.807) is 29.4 Å². The smallest absolute Gasteiger partial charge is 0.313 e. The molecule has 0 unspecified atom stereocenters. The maximum Gasteiger partial charge on any atom is 0.313 e.